The van der Waals surface area contributed by atoms with Crippen LogP contribution >= 0.6 is 11.6 Å². The molecule has 0 saturated heterocycles. The Morgan fingerprint density at radius 3 is 2.47 bits per heavy atom. The Balaban J connectivity index is 3.01. The zero-order chi connectivity index (χ0) is 11.4. The van der Waals surface area contributed by atoms with E-state index in [0.29, 0.717) is 0 Å². The van der Waals surface area contributed by atoms with Gasteiger partial charge >= 0.3 is 0 Å². The van der Waals surface area contributed by atoms with Gasteiger partial charge in [0.15, 0.2) is 11.6 Å². The summed E-state index contributed by atoms with van der Waals surface area (Å²) in [7, 11) is 0. The molecule has 4 nitrogen and oxygen atoms in total. The highest BCUT2D eigenvalue weighted by Crippen LogP contribution is 2.18. The van der Waals surface area contributed by atoms with E-state index in [-0.39, 0.29) is 16.5 Å². The summed E-state index contributed by atoms with van der Waals surface area (Å²) in [5, 5.41) is 6.71. The molecule has 0 heterocycles. The highest BCUT2D eigenvalue weighted by atomic mass is 35.5. The van der Waals surface area contributed by atoms with E-state index >= 15 is 0 Å². The van der Waals surface area contributed by atoms with E-state index in [0.717, 1.165) is 18.3 Å². The minimum absolute atomic E-state index is 0.0171. The zero-order valence-electron chi connectivity index (χ0n) is 7.42. The summed E-state index contributed by atoms with van der Waals surface area (Å²) < 4.78 is 25.4. The molecular formula is C8H7ClF2N4. The van der Waals surface area contributed by atoms with Gasteiger partial charge in [-0.25, -0.2) is 8.78 Å². The zero-order valence-corrected chi connectivity index (χ0v) is 8.17. The maximum absolute atomic E-state index is 12.8. The monoisotopic (exact) mass is 232 g/mol. The van der Waals surface area contributed by atoms with E-state index in [1.54, 1.807) is 0 Å². The third kappa shape index (κ3) is 3.17. The van der Waals surface area contributed by atoms with Gasteiger partial charge in [-0.3, -0.25) is 0 Å². The number of benzene rings is 1. The SMILES string of the molecule is NC(N)=N/N=C/c1cc(F)c(F)cc1Cl. The summed E-state index contributed by atoms with van der Waals surface area (Å²) in [5.74, 6) is -2.30. The topological polar surface area (TPSA) is 76.8 Å². The number of rotatable bonds is 2. The minimum atomic E-state index is -1.03. The summed E-state index contributed by atoms with van der Waals surface area (Å²) >= 11 is 5.61. The van der Waals surface area contributed by atoms with E-state index in [1.807, 2.05) is 0 Å². The fourth-order valence-corrected chi connectivity index (χ4v) is 0.994. The van der Waals surface area contributed by atoms with Gasteiger partial charge in [0.1, 0.15) is 0 Å². The summed E-state index contributed by atoms with van der Waals surface area (Å²) in [5.41, 5.74) is 10.2. The van der Waals surface area contributed by atoms with Crippen molar-refractivity contribution in [1.82, 2.24) is 0 Å². The fraction of sp³-hybridized carbons (Fsp3) is 0. The average molecular weight is 233 g/mol. The Morgan fingerprint density at radius 1 is 1.27 bits per heavy atom. The molecule has 0 radical (unpaired) electrons. The number of hydrogen-bond donors (Lipinski definition) is 2. The third-order valence-corrected chi connectivity index (χ3v) is 1.74. The Morgan fingerprint density at radius 2 is 1.87 bits per heavy atom. The maximum atomic E-state index is 12.8. The molecule has 1 aromatic rings. The van der Waals surface area contributed by atoms with Gasteiger partial charge in [-0.2, -0.15) is 5.10 Å². The second-order valence-electron chi connectivity index (χ2n) is 2.56. The molecule has 1 rings (SSSR count). The van der Waals surface area contributed by atoms with Crippen molar-refractivity contribution in [2.45, 2.75) is 0 Å². The van der Waals surface area contributed by atoms with Crippen molar-refractivity contribution in [3.8, 4) is 0 Å². The first-order valence-corrected chi connectivity index (χ1v) is 4.15. The second kappa shape index (κ2) is 4.70. The molecule has 0 bridgehead atoms. The number of halogens is 3. The molecule has 0 unspecified atom stereocenters. The highest BCUT2D eigenvalue weighted by molar-refractivity contribution is 6.33. The predicted octanol–water partition coefficient (Wildman–Crippen LogP) is 1.23. The van der Waals surface area contributed by atoms with E-state index in [9.17, 15) is 8.78 Å². The van der Waals surface area contributed by atoms with Crippen LogP contribution in [-0.2, 0) is 0 Å². The Hall–Kier alpha value is -1.69. The first-order chi connectivity index (χ1) is 7.00. The number of guanidine groups is 1. The van der Waals surface area contributed by atoms with E-state index in [1.165, 1.54) is 0 Å². The van der Waals surface area contributed by atoms with E-state index in [4.69, 9.17) is 23.1 Å². The predicted molar refractivity (Wildman–Crippen MR) is 54.8 cm³/mol. The molecule has 0 amide bonds. The van der Waals surface area contributed by atoms with Crippen LogP contribution in [0.4, 0.5) is 8.78 Å². The molecule has 0 saturated carbocycles. The lowest BCUT2D eigenvalue weighted by Gasteiger charge is -1.98. The van der Waals surface area contributed by atoms with Gasteiger partial charge < -0.3 is 11.5 Å². The number of nitrogens with zero attached hydrogens (tertiary/aromatic N) is 2. The quantitative estimate of drug-likeness (QED) is 0.348. The number of hydrogen-bond acceptors (Lipinski definition) is 2. The van der Waals surface area contributed by atoms with E-state index < -0.39 is 11.6 Å². The van der Waals surface area contributed by atoms with Crippen LogP contribution in [0.1, 0.15) is 5.56 Å². The van der Waals surface area contributed by atoms with Gasteiger partial charge in [0.2, 0.25) is 5.96 Å². The van der Waals surface area contributed by atoms with Crippen LogP contribution in [0.5, 0.6) is 0 Å². The normalized spacial score (nSPS) is 10.6. The molecule has 0 aliphatic rings. The van der Waals surface area contributed by atoms with Crippen molar-refractivity contribution < 1.29 is 8.78 Å². The Bertz CT molecular complexity index is 427. The standard InChI is InChI=1S/C8H7ClF2N4/c9-5-2-7(11)6(10)1-4(5)3-14-15-8(12)13/h1-3H,(H4,12,13,15)/b14-3+. The fourth-order valence-electron chi connectivity index (χ4n) is 0.795. The van der Waals surface area contributed by atoms with Gasteiger partial charge in [-0.1, -0.05) is 11.6 Å². The summed E-state index contributed by atoms with van der Waals surface area (Å²) in [4.78, 5) is 0. The minimum Gasteiger partial charge on any atom is -0.369 e. The lowest BCUT2D eigenvalue weighted by atomic mass is 10.2. The summed E-state index contributed by atoms with van der Waals surface area (Å²) in [6, 6.07) is 1.73. The first kappa shape index (κ1) is 11.4. The van der Waals surface area contributed by atoms with Gasteiger partial charge in [0.25, 0.3) is 0 Å². The van der Waals surface area contributed by atoms with Crippen molar-refractivity contribution in [2.75, 3.05) is 0 Å². The van der Waals surface area contributed by atoms with Gasteiger partial charge in [0.05, 0.1) is 11.2 Å². The van der Waals surface area contributed by atoms with Crippen LogP contribution in [-0.4, -0.2) is 12.2 Å². The largest absolute Gasteiger partial charge is 0.369 e. The second-order valence-corrected chi connectivity index (χ2v) is 2.96. The third-order valence-electron chi connectivity index (χ3n) is 1.41. The molecule has 7 heteroatoms. The summed E-state index contributed by atoms with van der Waals surface area (Å²) in [6.45, 7) is 0. The van der Waals surface area contributed by atoms with Crippen molar-refractivity contribution in [3.63, 3.8) is 0 Å². The summed E-state index contributed by atoms with van der Waals surface area (Å²) in [6.07, 6.45) is 1.12. The lowest BCUT2D eigenvalue weighted by Crippen LogP contribution is -2.21. The molecular weight excluding hydrogens is 226 g/mol. The first-order valence-electron chi connectivity index (χ1n) is 3.77. The van der Waals surface area contributed by atoms with Crippen molar-refractivity contribution in [2.24, 2.45) is 21.7 Å². The highest BCUT2D eigenvalue weighted by Gasteiger charge is 2.06. The van der Waals surface area contributed by atoms with Crippen molar-refractivity contribution in [1.29, 1.82) is 0 Å². The molecule has 4 N–H and O–H groups in total. The smallest absolute Gasteiger partial charge is 0.211 e. The Labute approximate surface area is 89.2 Å². The average Bonchev–Trinajstić information content (AvgIpc) is 2.13. The Kier molecular flexibility index (Phi) is 3.56. The van der Waals surface area contributed by atoms with Crippen LogP contribution in [0.2, 0.25) is 5.02 Å². The van der Waals surface area contributed by atoms with Gasteiger partial charge in [-0.05, 0) is 12.1 Å². The molecule has 0 spiro atoms. The molecule has 1 aromatic carbocycles. The molecule has 0 aromatic heterocycles. The van der Waals surface area contributed by atoms with Crippen LogP contribution in [0.3, 0.4) is 0 Å². The van der Waals surface area contributed by atoms with Crippen LogP contribution in [0.25, 0.3) is 0 Å². The molecule has 0 atom stereocenters. The maximum Gasteiger partial charge on any atom is 0.211 e. The van der Waals surface area contributed by atoms with Crippen molar-refractivity contribution >= 4 is 23.8 Å². The van der Waals surface area contributed by atoms with Gasteiger partial charge in [-0.15, -0.1) is 5.10 Å². The molecule has 0 aliphatic carbocycles. The van der Waals surface area contributed by atoms with Crippen LogP contribution in [0, 0.1) is 11.6 Å². The van der Waals surface area contributed by atoms with Crippen LogP contribution < -0.4 is 11.5 Å². The molecule has 80 valence electrons. The van der Waals surface area contributed by atoms with Crippen molar-refractivity contribution in [3.05, 3.63) is 34.4 Å². The molecule has 0 aliphatic heterocycles. The number of nitrogens with two attached hydrogens (primary N) is 2. The van der Waals surface area contributed by atoms with E-state index in [2.05, 4.69) is 10.2 Å². The van der Waals surface area contributed by atoms with Gasteiger partial charge in [0, 0.05) is 5.56 Å². The lowest BCUT2D eigenvalue weighted by molar-refractivity contribution is 0.508. The van der Waals surface area contributed by atoms with Crippen LogP contribution in [0.15, 0.2) is 22.3 Å². The molecule has 15 heavy (non-hydrogen) atoms. The molecule has 0 fully saturated rings.